The van der Waals surface area contributed by atoms with Gasteiger partial charge in [0, 0.05) is 19.1 Å². The van der Waals surface area contributed by atoms with Gasteiger partial charge in [-0.3, -0.25) is 4.90 Å². The average molecular weight is 228 g/mol. The Morgan fingerprint density at radius 3 is 2.81 bits per heavy atom. The van der Waals surface area contributed by atoms with Gasteiger partial charge in [0.15, 0.2) is 0 Å². The van der Waals surface area contributed by atoms with Crippen molar-refractivity contribution in [2.24, 2.45) is 11.7 Å². The highest BCUT2D eigenvalue weighted by Gasteiger charge is 2.26. The summed E-state index contributed by atoms with van der Waals surface area (Å²) in [6, 6.07) is 0.203. The highest BCUT2D eigenvalue weighted by molar-refractivity contribution is 4.81. The van der Waals surface area contributed by atoms with Crippen LogP contribution in [0.15, 0.2) is 0 Å². The van der Waals surface area contributed by atoms with Crippen molar-refractivity contribution in [2.75, 3.05) is 26.2 Å². The second-order valence-corrected chi connectivity index (χ2v) is 5.12. The van der Waals surface area contributed by atoms with Gasteiger partial charge in [0.25, 0.3) is 0 Å². The fourth-order valence-corrected chi connectivity index (χ4v) is 2.29. The molecule has 0 spiro atoms. The largest absolute Gasteiger partial charge is 0.374 e. The second kappa shape index (κ2) is 7.25. The van der Waals surface area contributed by atoms with Crippen molar-refractivity contribution in [1.82, 2.24) is 4.90 Å². The summed E-state index contributed by atoms with van der Waals surface area (Å²) in [5.41, 5.74) is 6.23. The molecule has 1 fully saturated rings. The van der Waals surface area contributed by atoms with Gasteiger partial charge in [-0.15, -0.1) is 0 Å². The Labute approximate surface area is 100 Å². The van der Waals surface area contributed by atoms with Gasteiger partial charge in [-0.05, 0) is 25.3 Å². The fourth-order valence-electron chi connectivity index (χ4n) is 2.29. The van der Waals surface area contributed by atoms with E-state index in [2.05, 4.69) is 25.7 Å². The fraction of sp³-hybridized carbons (Fsp3) is 1.00. The molecule has 1 aliphatic rings. The van der Waals surface area contributed by atoms with Crippen LogP contribution in [0.3, 0.4) is 0 Å². The van der Waals surface area contributed by atoms with Crippen LogP contribution in [0.1, 0.15) is 40.0 Å². The van der Waals surface area contributed by atoms with Crippen molar-refractivity contribution in [3.8, 4) is 0 Å². The van der Waals surface area contributed by atoms with Crippen LogP contribution >= 0.6 is 0 Å². The lowest BCUT2D eigenvalue weighted by molar-refractivity contribution is -0.0432. The van der Waals surface area contributed by atoms with Crippen LogP contribution in [0.25, 0.3) is 0 Å². The first-order chi connectivity index (χ1) is 7.67. The summed E-state index contributed by atoms with van der Waals surface area (Å²) < 4.78 is 5.80. The van der Waals surface area contributed by atoms with Crippen molar-refractivity contribution >= 4 is 0 Å². The molecule has 1 rings (SSSR count). The van der Waals surface area contributed by atoms with E-state index in [0.717, 1.165) is 26.1 Å². The molecular weight excluding hydrogens is 200 g/mol. The molecule has 2 N–H and O–H groups in total. The molecule has 3 unspecified atom stereocenters. The predicted octanol–water partition coefficient (Wildman–Crippen LogP) is 1.86. The van der Waals surface area contributed by atoms with Gasteiger partial charge in [-0.1, -0.05) is 27.2 Å². The highest BCUT2D eigenvalue weighted by Crippen LogP contribution is 2.15. The van der Waals surface area contributed by atoms with E-state index in [1.54, 1.807) is 0 Å². The molecule has 0 amide bonds. The van der Waals surface area contributed by atoms with E-state index in [4.69, 9.17) is 10.5 Å². The van der Waals surface area contributed by atoms with Crippen LogP contribution < -0.4 is 5.73 Å². The van der Waals surface area contributed by atoms with Gasteiger partial charge >= 0.3 is 0 Å². The van der Waals surface area contributed by atoms with Crippen molar-refractivity contribution in [2.45, 2.75) is 52.2 Å². The molecule has 0 aromatic carbocycles. The van der Waals surface area contributed by atoms with Crippen LogP contribution in [0.2, 0.25) is 0 Å². The topological polar surface area (TPSA) is 38.5 Å². The van der Waals surface area contributed by atoms with Crippen LogP contribution in [-0.2, 0) is 4.74 Å². The Morgan fingerprint density at radius 2 is 2.19 bits per heavy atom. The van der Waals surface area contributed by atoms with E-state index >= 15 is 0 Å². The summed E-state index contributed by atoms with van der Waals surface area (Å²) in [4.78, 5) is 2.48. The average Bonchev–Trinajstić information content (AvgIpc) is 2.29. The van der Waals surface area contributed by atoms with Crippen LogP contribution in [0.4, 0.5) is 0 Å². The van der Waals surface area contributed by atoms with Crippen LogP contribution in [0.5, 0.6) is 0 Å². The van der Waals surface area contributed by atoms with Gasteiger partial charge < -0.3 is 10.5 Å². The number of rotatable bonds is 6. The number of nitrogens with two attached hydrogens (primary N) is 1. The molecule has 0 aromatic rings. The molecule has 1 aliphatic heterocycles. The van der Waals surface area contributed by atoms with Gasteiger partial charge in [-0.25, -0.2) is 0 Å². The summed E-state index contributed by atoms with van der Waals surface area (Å²) in [7, 11) is 0. The van der Waals surface area contributed by atoms with Gasteiger partial charge in [0.2, 0.25) is 0 Å². The molecule has 0 saturated carbocycles. The quantitative estimate of drug-likeness (QED) is 0.754. The third kappa shape index (κ3) is 4.40. The van der Waals surface area contributed by atoms with Crippen molar-refractivity contribution in [1.29, 1.82) is 0 Å². The van der Waals surface area contributed by atoms with E-state index < -0.39 is 0 Å². The van der Waals surface area contributed by atoms with E-state index in [9.17, 15) is 0 Å². The minimum absolute atomic E-state index is 0.203. The Hall–Kier alpha value is -0.120. The first kappa shape index (κ1) is 13.9. The SMILES string of the molecule is CCCN1CCOC(C(N)CC(C)CC)C1. The summed E-state index contributed by atoms with van der Waals surface area (Å²) in [6.07, 6.45) is 3.75. The maximum absolute atomic E-state index is 6.23. The second-order valence-electron chi connectivity index (χ2n) is 5.12. The Balaban J connectivity index is 2.34. The third-order valence-electron chi connectivity index (χ3n) is 3.57. The molecule has 1 heterocycles. The first-order valence-electron chi connectivity index (χ1n) is 6.76. The van der Waals surface area contributed by atoms with E-state index in [-0.39, 0.29) is 12.1 Å². The zero-order valence-electron chi connectivity index (χ0n) is 11.1. The molecule has 96 valence electrons. The number of ether oxygens (including phenoxy) is 1. The van der Waals surface area contributed by atoms with Crippen molar-refractivity contribution in [3.63, 3.8) is 0 Å². The maximum Gasteiger partial charge on any atom is 0.0853 e. The molecular formula is C13H28N2O. The van der Waals surface area contributed by atoms with Crippen LogP contribution in [0, 0.1) is 5.92 Å². The van der Waals surface area contributed by atoms with Gasteiger partial charge in [0.1, 0.15) is 0 Å². The standard InChI is InChI=1S/C13H28N2O/c1-4-6-15-7-8-16-13(10-15)12(14)9-11(3)5-2/h11-13H,4-10,14H2,1-3H3. The molecule has 16 heavy (non-hydrogen) atoms. The Morgan fingerprint density at radius 1 is 1.44 bits per heavy atom. The number of morpholine rings is 1. The third-order valence-corrected chi connectivity index (χ3v) is 3.57. The lowest BCUT2D eigenvalue weighted by atomic mass is 9.95. The van der Waals surface area contributed by atoms with E-state index in [0.29, 0.717) is 5.92 Å². The number of nitrogens with zero attached hydrogens (tertiary/aromatic N) is 1. The molecule has 3 heteroatoms. The molecule has 1 saturated heterocycles. The zero-order chi connectivity index (χ0) is 12.0. The normalized spacial score (nSPS) is 26.6. The molecule has 0 aliphatic carbocycles. The molecule has 0 aromatic heterocycles. The van der Waals surface area contributed by atoms with Gasteiger partial charge in [-0.2, -0.15) is 0 Å². The molecule has 3 nitrogen and oxygen atoms in total. The summed E-state index contributed by atoms with van der Waals surface area (Å²) >= 11 is 0. The van der Waals surface area contributed by atoms with E-state index in [1.807, 2.05) is 0 Å². The zero-order valence-corrected chi connectivity index (χ0v) is 11.1. The lowest BCUT2D eigenvalue weighted by Crippen LogP contribution is -2.51. The molecule has 3 atom stereocenters. The lowest BCUT2D eigenvalue weighted by Gasteiger charge is -2.36. The predicted molar refractivity (Wildman–Crippen MR) is 68.5 cm³/mol. The summed E-state index contributed by atoms with van der Waals surface area (Å²) in [5, 5.41) is 0. The summed E-state index contributed by atoms with van der Waals surface area (Å²) in [6.45, 7) is 10.8. The monoisotopic (exact) mass is 228 g/mol. The smallest absolute Gasteiger partial charge is 0.0853 e. The Bertz CT molecular complexity index is 185. The van der Waals surface area contributed by atoms with Crippen LogP contribution in [-0.4, -0.2) is 43.3 Å². The molecule has 0 radical (unpaired) electrons. The number of hydrogen-bond acceptors (Lipinski definition) is 3. The Kier molecular flexibility index (Phi) is 6.32. The number of hydrogen-bond donors (Lipinski definition) is 1. The maximum atomic E-state index is 6.23. The van der Waals surface area contributed by atoms with E-state index in [1.165, 1.54) is 19.4 Å². The van der Waals surface area contributed by atoms with Gasteiger partial charge in [0.05, 0.1) is 12.7 Å². The minimum Gasteiger partial charge on any atom is -0.374 e. The minimum atomic E-state index is 0.203. The summed E-state index contributed by atoms with van der Waals surface area (Å²) in [5.74, 6) is 0.708. The molecule has 0 bridgehead atoms. The highest BCUT2D eigenvalue weighted by atomic mass is 16.5. The van der Waals surface area contributed by atoms with Crippen molar-refractivity contribution in [3.05, 3.63) is 0 Å². The first-order valence-corrected chi connectivity index (χ1v) is 6.76. The van der Waals surface area contributed by atoms with Crippen molar-refractivity contribution < 1.29 is 4.74 Å².